The van der Waals surface area contributed by atoms with Gasteiger partial charge in [-0.3, -0.25) is 19.4 Å². The highest BCUT2D eigenvalue weighted by Crippen LogP contribution is 2.63. The van der Waals surface area contributed by atoms with Crippen LogP contribution in [-0.4, -0.2) is 73.8 Å². The average molecular weight is 741 g/mol. The molecule has 53 heavy (non-hydrogen) atoms. The number of aromatic hydroxyl groups is 1. The molecule has 2 fully saturated rings. The first-order valence-electron chi connectivity index (χ1n) is 20.6. The summed E-state index contributed by atoms with van der Waals surface area (Å²) in [5, 5.41) is 21.8. The molecule has 2 N–H and O–H groups in total. The van der Waals surface area contributed by atoms with Gasteiger partial charge in [0, 0.05) is 39.4 Å². The zero-order valence-electron chi connectivity index (χ0n) is 37.4. The summed E-state index contributed by atoms with van der Waals surface area (Å²) >= 11 is 0. The van der Waals surface area contributed by atoms with Crippen LogP contribution in [-0.2, 0) is 31.6 Å². The Kier molecular flexibility index (Phi) is 12.9. The van der Waals surface area contributed by atoms with E-state index in [1.807, 2.05) is 0 Å². The summed E-state index contributed by atoms with van der Waals surface area (Å²) in [4.78, 5) is 31.6. The summed E-state index contributed by atoms with van der Waals surface area (Å²) < 4.78 is 7.31. The number of hydrogen-bond donors (Lipinski definition) is 2. The third-order valence-electron chi connectivity index (χ3n) is 14.2. The Morgan fingerprint density at radius 1 is 0.755 bits per heavy atom. The molecule has 7 heteroatoms. The second-order valence-electron chi connectivity index (χ2n) is 21.9. The second-order valence-corrected chi connectivity index (χ2v) is 21.9. The Labute approximate surface area is 325 Å². The highest BCUT2D eigenvalue weighted by atomic mass is 16.6. The lowest BCUT2D eigenvalue weighted by atomic mass is 9.48. The van der Waals surface area contributed by atoms with Gasteiger partial charge in [-0.15, -0.1) is 0 Å². The molecule has 3 rings (SSSR count). The number of rotatable bonds is 12. The largest absolute Gasteiger partial charge is 0.507 e. The molecule has 2 aliphatic rings. The number of carboxylic acid groups (broad SMARTS) is 1. The molecule has 304 valence electrons. The smallest absolute Gasteiger partial charge is 0.317 e. The van der Waals surface area contributed by atoms with Gasteiger partial charge >= 0.3 is 11.9 Å². The minimum absolute atomic E-state index is 0.0282. The van der Waals surface area contributed by atoms with Crippen molar-refractivity contribution in [3.8, 4) is 5.75 Å². The number of esters is 1. The van der Waals surface area contributed by atoms with Gasteiger partial charge in [0.15, 0.2) is 0 Å². The first-order chi connectivity index (χ1) is 23.8. The normalized spacial score (nSPS) is 22.7. The number of benzene rings is 1. The first-order valence-corrected chi connectivity index (χ1v) is 20.6. The molecule has 7 nitrogen and oxygen atoms in total. The fraction of sp³-hybridized carbons (Fsp3) is 0.826. The molecule has 1 aromatic carbocycles. The molecule has 0 radical (unpaired) electrons. The van der Waals surface area contributed by atoms with Crippen molar-refractivity contribution in [1.29, 1.82) is 0 Å². The van der Waals surface area contributed by atoms with E-state index in [1.54, 1.807) is 0 Å². The maximum Gasteiger partial charge on any atom is 0.317 e. The van der Waals surface area contributed by atoms with Crippen LogP contribution < -0.4 is 0 Å². The summed E-state index contributed by atoms with van der Waals surface area (Å²) in [6.45, 7) is 36.0. The number of phenols is 1. The van der Waals surface area contributed by atoms with E-state index in [1.165, 1.54) is 0 Å². The minimum Gasteiger partial charge on any atom is -0.507 e. The zero-order valence-corrected chi connectivity index (χ0v) is 37.4. The number of nitrogens with zero attached hydrogens (tertiary/aromatic N) is 2. The number of phenolic OH excluding ortho intramolecular Hbond substituents is 1. The second kappa shape index (κ2) is 15.1. The maximum absolute atomic E-state index is 14.4. The molecule has 1 atom stereocenters. The third kappa shape index (κ3) is 8.97. The van der Waals surface area contributed by atoms with Crippen LogP contribution in [0.2, 0.25) is 0 Å². The van der Waals surface area contributed by atoms with Gasteiger partial charge in [-0.05, 0) is 142 Å². The van der Waals surface area contributed by atoms with Gasteiger partial charge in [0.05, 0.1) is 0 Å². The predicted molar refractivity (Wildman–Crippen MR) is 220 cm³/mol. The molecule has 1 aromatic rings. The van der Waals surface area contributed by atoms with Crippen LogP contribution in [0.25, 0.3) is 0 Å². The van der Waals surface area contributed by atoms with E-state index in [-0.39, 0.29) is 44.8 Å². The quantitative estimate of drug-likeness (QED) is 0.163. The summed E-state index contributed by atoms with van der Waals surface area (Å²) in [6, 6.07) is 4.44. The van der Waals surface area contributed by atoms with E-state index in [0.29, 0.717) is 12.2 Å². The predicted octanol–water partition coefficient (Wildman–Crippen LogP) is 10.7. The number of carbonyl (C=O) groups is 2. The summed E-state index contributed by atoms with van der Waals surface area (Å²) in [7, 11) is 4.44. The van der Waals surface area contributed by atoms with Gasteiger partial charge in [0.1, 0.15) is 17.8 Å². The SMILES string of the molecule is CCCCC(CC)(Cc1cc(C(C)(C)C)c(O)c(C(C)(C)C)c1)C(OC(=O)CC(=O)O)(C1CC(C)(C)N(C)C(C)(C)C1)C1CC(C)(C)N(C)C(C)(C)C1. The zero-order chi connectivity index (χ0) is 41.0. The van der Waals surface area contributed by atoms with Crippen molar-refractivity contribution in [3.05, 3.63) is 28.8 Å². The number of carbonyl (C=O) groups excluding carboxylic acids is 1. The number of unbranched alkanes of at least 4 members (excludes halogenated alkanes) is 1. The number of hydrogen-bond acceptors (Lipinski definition) is 6. The molecule has 2 heterocycles. The molecular weight excluding hydrogens is 661 g/mol. The number of aliphatic carboxylic acids is 1. The molecule has 1 unspecified atom stereocenters. The molecular formula is C46H80N2O5. The van der Waals surface area contributed by atoms with E-state index < -0.39 is 29.4 Å². The molecule has 0 spiro atoms. The molecule has 0 aliphatic carbocycles. The van der Waals surface area contributed by atoms with E-state index in [9.17, 15) is 19.8 Å². The molecule has 0 bridgehead atoms. The van der Waals surface area contributed by atoms with Gasteiger partial charge in [-0.2, -0.15) is 0 Å². The number of carboxylic acids is 1. The van der Waals surface area contributed by atoms with Crippen molar-refractivity contribution in [2.24, 2.45) is 17.3 Å². The van der Waals surface area contributed by atoms with E-state index in [2.05, 4.69) is 147 Å². The van der Waals surface area contributed by atoms with Crippen molar-refractivity contribution in [2.75, 3.05) is 14.1 Å². The number of piperidine rings is 2. The average Bonchev–Trinajstić information content (AvgIpc) is 2.98. The lowest BCUT2D eigenvalue weighted by Gasteiger charge is -2.66. The highest BCUT2D eigenvalue weighted by Gasteiger charge is 2.66. The Morgan fingerprint density at radius 3 is 1.43 bits per heavy atom. The standard InChI is InChI=1S/C46H80N2O5/c1-19-21-22-45(20-2,26-31-23-34(39(3,4)5)38(52)35(24-31)40(6,7)8)46(53-37(51)25-36(49)50,32-27-41(9,10)47(17)42(11,12)28-32)33-29-43(13,14)48(18)44(15,16)30-33/h23-24,32-33,52H,19-22,25-30H2,1-18H3,(H,49,50). The lowest BCUT2D eigenvalue weighted by Crippen LogP contribution is -2.71. The monoisotopic (exact) mass is 741 g/mol. The minimum atomic E-state index is -1.16. The van der Waals surface area contributed by atoms with E-state index in [0.717, 1.165) is 68.1 Å². The van der Waals surface area contributed by atoms with E-state index >= 15 is 0 Å². The van der Waals surface area contributed by atoms with Crippen LogP contribution in [0.4, 0.5) is 0 Å². The van der Waals surface area contributed by atoms with Crippen molar-refractivity contribution in [2.45, 2.75) is 214 Å². The van der Waals surface area contributed by atoms with Crippen molar-refractivity contribution in [1.82, 2.24) is 9.80 Å². The van der Waals surface area contributed by atoms with Gasteiger partial charge in [0.25, 0.3) is 0 Å². The van der Waals surface area contributed by atoms with Crippen LogP contribution >= 0.6 is 0 Å². The van der Waals surface area contributed by atoms with Crippen LogP contribution in [0.5, 0.6) is 5.75 Å². The van der Waals surface area contributed by atoms with E-state index in [4.69, 9.17) is 4.74 Å². The summed E-state index contributed by atoms with van der Waals surface area (Å²) in [5.41, 5.74) is 0.102. The molecule has 0 amide bonds. The highest BCUT2D eigenvalue weighted by molar-refractivity contribution is 5.90. The van der Waals surface area contributed by atoms with Crippen molar-refractivity contribution < 1.29 is 24.5 Å². The molecule has 2 aliphatic heterocycles. The first kappa shape index (κ1) is 45.3. The van der Waals surface area contributed by atoms with Gasteiger partial charge in [-0.1, -0.05) is 80.4 Å². The molecule has 0 saturated carbocycles. The molecule has 0 aromatic heterocycles. The Morgan fingerprint density at radius 2 is 1.13 bits per heavy atom. The lowest BCUT2D eigenvalue weighted by molar-refractivity contribution is -0.246. The van der Waals surface area contributed by atoms with Crippen LogP contribution in [0, 0.1) is 17.3 Å². The fourth-order valence-electron chi connectivity index (χ4n) is 11.0. The van der Waals surface area contributed by atoms with Gasteiger partial charge in [0.2, 0.25) is 0 Å². The topological polar surface area (TPSA) is 90.3 Å². The Balaban J connectivity index is 2.61. The number of likely N-dealkylation sites (tertiary alicyclic amines) is 2. The third-order valence-corrected chi connectivity index (χ3v) is 14.2. The van der Waals surface area contributed by atoms with Crippen molar-refractivity contribution in [3.63, 3.8) is 0 Å². The molecule has 2 saturated heterocycles. The Bertz CT molecular complexity index is 1360. The summed E-state index contributed by atoms with van der Waals surface area (Å²) in [5.74, 6) is -1.48. The number of ether oxygens (including phenoxy) is 1. The maximum atomic E-state index is 14.4. The van der Waals surface area contributed by atoms with Crippen LogP contribution in [0.3, 0.4) is 0 Å². The van der Waals surface area contributed by atoms with Gasteiger partial charge < -0.3 is 14.9 Å². The fourth-order valence-corrected chi connectivity index (χ4v) is 11.0. The van der Waals surface area contributed by atoms with Crippen LogP contribution in [0.15, 0.2) is 12.1 Å². The van der Waals surface area contributed by atoms with Crippen molar-refractivity contribution >= 4 is 11.9 Å². The van der Waals surface area contributed by atoms with Gasteiger partial charge in [-0.25, -0.2) is 0 Å². The Hall–Kier alpha value is -2.12. The van der Waals surface area contributed by atoms with Crippen LogP contribution in [0.1, 0.15) is 185 Å². The summed E-state index contributed by atoms with van der Waals surface area (Å²) in [6.07, 6.45) is 6.87.